The van der Waals surface area contributed by atoms with Gasteiger partial charge in [0.25, 0.3) is 5.56 Å². The lowest BCUT2D eigenvalue weighted by Crippen LogP contribution is -2.55. The third-order valence-corrected chi connectivity index (χ3v) is 5.60. The lowest BCUT2D eigenvalue weighted by molar-refractivity contribution is -0.143. The Morgan fingerprint density at radius 2 is 2.00 bits per heavy atom. The summed E-state index contributed by atoms with van der Waals surface area (Å²) >= 11 is 0. The Bertz CT molecular complexity index is 717. The van der Waals surface area contributed by atoms with Crippen molar-refractivity contribution in [2.45, 2.75) is 38.6 Å². The van der Waals surface area contributed by atoms with Crippen molar-refractivity contribution in [2.24, 2.45) is 5.41 Å². The molecule has 1 aromatic heterocycles. The number of carbonyl (C=O) groups is 2. The molecule has 1 N–H and O–H groups in total. The molecular weight excluding hydrogens is 334 g/mol. The summed E-state index contributed by atoms with van der Waals surface area (Å²) in [6.07, 6.45) is 5.23. The SMILES string of the molecule is O=C1CC[C@@]2(CCCN(C(=O)CCn3ccccc3=O)C2)CN1CCO. The molecule has 0 bridgehead atoms. The van der Waals surface area contributed by atoms with Crippen LogP contribution in [-0.2, 0) is 16.1 Å². The van der Waals surface area contributed by atoms with Crippen molar-refractivity contribution < 1.29 is 14.7 Å². The van der Waals surface area contributed by atoms with Gasteiger partial charge in [-0.05, 0) is 25.3 Å². The van der Waals surface area contributed by atoms with Crippen molar-refractivity contribution in [3.8, 4) is 0 Å². The molecule has 2 saturated heterocycles. The van der Waals surface area contributed by atoms with E-state index < -0.39 is 0 Å². The molecular formula is C19H27N3O4. The summed E-state index contributed by atoms with van der Waals surface area (Å²) in [5, 5.41) is 9.18. The Hall–Kier alpha value is -2.15. The summed E-state index contributed by atoms with van der Waals surface area (Å²) in [5.41, 5.74) is -0.151. The van der Waals surface area contributed by atoms with Gasteiger partial charge in [0, 0.05) is 63.2 Å². The summed E-state index contributed by atoms with van der Waals surface area (Å²) in [7, 11) is 0. The summed E-state index contributed by atoms with van der Waals surface area (Å²) in [6.45, 7) is 2.73. The number of amides is 2. The zero-order valence-electron chi connectivity index (χ0n) is 15.1. The van der Waals surface area contributed by atoms with Crippen LogP contribution in [0.15, 0.2) is 29.2 Å². The normalized spacial score (nSPS) is 23.5. The number of hydrogen-bond donors (Lipinski definition) is 1. The van der Waals surface area contributed by atoms with Gasteiger partial charge < -0.3 is 19.5 Å². The predicted molar refractivity (Wildman–Crippen MR) is 96.5 cm³/mol. The molecule has 2 fully saturated rings. The van der Waals surface area contributed by atoms with E-state index in [9.17, 15) is 19.5 Å². The highest BCUT2D eigenvalue weighted by Crippen LogP contribution is 2.38. The number of pyridine rings is 1. The van der Waals surface area contributed by atoms with Crippen LogP contribution in [0.2, 0.25) is 0 Å². The summed E-state index contributed by atoms with van der Waals surface area (Å²) in [5.74, 6) is 0.155. The lowest BCUT2D eigenvalue weighted by atomic mass is 9.73. The van der Waals surface area contributed by atoms with E-state index in [1.165, 1.54) is 6.07 Å². The molecule has 3 rings (SSSR count). The van der Waals surface area contributed by atoms with Crippen LogP contribution in [0.1, 0.15) is 32.1 Å². The second-order valence-corrected chi connectivity index (χ2v) is 7.44. The molecule has 7 nitrogen and oxygen atoms in total. The second-order valence-electron chi connectivity index (χ2n) is 7.44. The average Bonchev–Trinajstić information content (AvgIpc) is 2.64. The fourth-order valence-electron chi connectivity index (χ4n) is 4.20. The Kier molecular flexibility index (Phi) is 5.76. The largest absolute Gasteiger partial charge is 0.395 e. The van der Waals surface area contributed by atoms with Gasteiger partial charge in [0.15, 0.2) is 0 Å². The molecule has 7 heteroatoms. The van der Waals surface area contributed by atoms with E-state index in [2.05, 4.69) is 0 Å². The van der Waals surface area contributed by atoms with Crippen molar-refractivity contribution in [1.29, 1.82) is 0 Å². The van der Waals surface area contributed by atoms with E-state index in [0.717, 1.165) is 25.8 Å². The van der Waals surface area contributed by atoms with Gasteiger partial charge in [-0.2, -0.15) is 0 Å². The van der Waals surface area contributed by atoms with Crippen molar-refractivity contribution >= 4 is 11.8 Å². The molecule has 0 unspecified atom stereocenters. The van der Waals surface area contributed by atoms with E-state index in [1.54, 1.807) is 27.8 Å². The first kappa shape index (κ1) is 18.6. The highest BCUT2D eigenvalue weighted by atomic mass is 16.3. The van der Waals surface area contributed by atoms with Gasteiger partial charge in [0.1, 0.15) is 0 Å². The third kappa shape index (κ3) is 4.15. The van der Waals surface area contributed by atoms with E-state index in [-0.39, 0.29) is 29.4 Å². The van der Waals surface area contributed by atoms with Crippen LogP contribution in [0.25, 0.3) is 0 Å². The zero-order valence-corrected chi connectivity index (χ0v) is 15.1. The van der Waals surface area contributed by atoms with Crippen LogP contribution >= 0.6 is 0 Å². The summed E-state index contributed by atoms with van der Waals surface area (Å²) in [4.78, 5) is 40.1. The zero-order chi connectivity index (χ0) is 18.6. The predicted octanol–water partition coefficient (Wildman–Crippen LogP) is 0.462. The van der Waals surface area contributed by atoms with Crippen LogP contribution in [-0.4, -0.2) is 64.1 Å². The first-order chi connectivity index (χ1) is 12.5. The van der Waals surface area contributed by atoms with Crippen LogP contribution in [0.4, 0.5) is 0 Å². The van der Waals surface area contributed by atoms with Gasteiger partial charge in [0.2, 0.25) is 11.8 Å². The number of aliphatic hydroxyl groups excluding tert-OH is 1. The fourth-order valence-corrected chi connectivity index (χ4v) is 4.20. The quantitative estimate of drug-likeness (QED) is 0.826. The van der Waals surface area contributed by atoms with Crippen molar-refractivity contribution in [3.05, 3.63) is 34.7 Å². The molecule has 0 aromatic carbocycles. The Morgan fingerprint density at radius 1 is 1.15 bits per heavy atom. The number of aryl methyl sites for hydroxylation is 1. The van der Waals surface area contributed by atoms with Gasteiger partial charge in [-0.25, -0.2) is 0 Å². The maximum absolute atomic E-state index is 12.7. The molecule has 0 radical (unpaired) electrons. The molecule has 2 aliphatic heterocycles. The van der Waals surface area contributed by atoms with Gasteiger partial charge in [0.05, 0.1) is 6.61 Å². The first-order valence-corrected chi connectivity index (χ1v) is 9.35. The number of carbonyl (C=O) groups excluding carboxylic acids is 2. The maximum Gasteiger partial charge on any atom is 0.250 e. The average molecular weight is 361 g/mol. The first-order valence-electron chi connectivity index (χ1n) is 9.35. The number of likely N-dealkylation sites (tertiary alicyclic amines) is 2. The standard InChI is InChI=1S/C19H27N3O4/c23-13-12-22-15-19(8-5-17(22)25)7-3-10-21(14-19)18(26)6-11-20-9-2-1-4-16(20)24/h1-2,4,9,23H,3,5-8,10-15H2/t19-/m1/s1. The van der Waals surface area contributed by atoms with Crippen molar-refractivity contribution in [1.82, 2.24) is 14.4 Å². The van der Waals surface area contributed by atoms with Gasteiger partial charge >= 0.3 is 0 Å². The molecule has 2 amide bonds. The molecule has 2 aliphatic rings. The van der Waals surface area contributed by atoms with E-state index in [1.807, 2.05) is 4.90 Å². The van der Waals surface area contributed by atoms with Gasteiger partial charge in [-0.1, -0.05) is 6.07 Å². The molecule has 0 aliphatic carbocycles. The Balaban J connectivity index is 1.61. The Morgan fingerprint density at radius 3 is 2.77 bits per heavy atom. The molecule has 1 atom stereocenters. The second kappa shape index (κ2) is 8.03. The number of aliphatic hydroxyl groups is 1. The van der Waals surface area contributed by atoms with E-state index >= 15 is 0 Å². The van der Waals surface area contributed by atoms with Gasteiger partial charge in [-0.15, -0.1) is 0 Å². The molecule has 1 aromatic rings. The highest BCUT2D eigenvalue weighted by molar-refractivity contribution is 5.78. The summed E-state index contributed by atoms with van der Waals surface area (Å²) in [6, 6.07) is 4.98. The maximum atomic E-state index is 12.7. The smallest absolute Gasteiger partial charge is 0.250 e. The monoisotopic (exact) mass is 361 g/mol. The molecule has 1 spiro atoms. The number of rotatable bonds is 5. The molecule has 26 heavy (non-hydrogen) atoms. The minimum absolute atomic E-state index is 0.0315. The van der Waals surface area contributed by atoms with Crippen LogP contribution in [0, 0.1) is 5.41 Å². The highest BCUT2D eigenvalue weighted by Gasteiger charge is 2.42. The van der Waals surface area contributed by atoms with E-state index in [4.69, 9.17) is 0 Å². The fraction of sp³-hybridized carbons (Fsp3) is 0.632. The Labute approximate surface area is 153 Å². The van der Waals surface area contributed by atoms with Crippen molar-refractivity contribution in [3.63, 3.8) is 0 Å². The van der Waals surface area contributed by atoms with Crippen LogP contribution in [0.5, 0.6) is 0 Å². The third-order valence-electron chi connectivity index (χ3n) is 5.60. The van der Waals surface area contributed by atoms with Gasteiger partial charge in [-0.3, -0.25) is 14.4 Å². The minimum atomic E-state index is -0.0964. The number of β-amino-alcohol motifs (C(OH)–C–C–N with tert-alkyl or cyclic N) is 1. The number of aromatic nitrogens is 1. The van der Waals surface area contributed by atoms with E-state index in [0.29, 0.717) is 39.0 Å². The minimum Gasteiger partial charge on any atom is -0.395 e. The number of piperidine rings is 2. The lowest BCUT2D eigenvalue weighted by Gasteiger charge is -2.48. The van der Waals surface area contributed by atoms with Crippen LogP contribution < -0.4 is 5.56 Å². The van der Waals surface area contributed by atoms with Crippen LogP contribution in [0.3, 0.4) is 0 Å². The van der Waals surface area contributed by atoms with Crippen molar-refractivity contribution in [2.75, 3.05) is 32.8 Å². The number of nitrogens with zero attached hydrogens (tertiary/aromatic N) is 3. The topological polar surface area (TPSA) is 82.9 Å². The summed E-state index contributed by atoms with van der Waals surface area (Å²) < 4.78 is 1.56. The molecule has 3 heterocycles. The molecule has 142 valence electrons. The number of hydrogen-bond acceptors (Lipinski definition) is 4. The molecule has 0 saturated carbocycles.